The summed E-state index contributed by atoms with van der Waals surface area (Å²) in [5.74, 6) is -0.00819. The quantitative estimate of drug-likeness (QED) is 0.492. The zero-order valence-electron chi connectivity index (χ0n) is 11.4. The Bertz CT molecular complexity index is 545. The number of hydrogen-bond donors (Lipinski definition) is 1. The predicted molar refractivity (Wildman–Crippen MR) is 85.1 cm³/mol. The van der Waals surface area contributed by atoms with E-state index in [9.17, 15) is 14.9 Å². The first kappa shape index (κ1) is 16.2. The molecule has 0 heterocycles. The van der Waals surface area contributed by atoms with Gasteiger partial charge in [-0.25, -0.2) is 0 Å². The molecule has 7 heteroatoms. The van der Waals surface area contributed by atoms with Crippen molar-refractivity contribution in [2.24, 2.45) is 5.92 Å². The summed E-state index contributed by atoms with van der Waals surface area (Å²) in [5, 5.41) is 14.1. The molecule has 114 valence electrons. The minimum atomic E-state index is -0.568. The topological polar surface area (TPSA) is 72.2 Å². The maximum atomic E-state index is 12.1. The van der Waals surface area contributed by atoms with Gasteiger partial charge in [-0.15, -0.1) is 0 Å². The molecular formula is C14H16BrClN2O3. The number of rotatable bonds is 4. The first-order valence-corrected chi connectivity index (χ1v) is 8.13. The van der Waals surface area contributed by atoms with Crippen molar-refractivity contribution >= 4 is 39.1 Å². The van der Waals surface area contributed by atoms with E-state index in [0.29, 0.717) is 22.3 Å². The maximum Gasteiger partial charge on any atom is 0.282 e. The molecule has 1 aliphatic carbocycles. The van der Waals surface area contributed by atoms with Crippen LogP contribution in [-0.2, 0) is 0 Å². The van der Waals surface area contributed by atoms with Gasteiger partial charge in [0.2, 0.25) is 0 Å². The highest BCUT2D eigenvalue weighted by Crippen LogP contribution is 2.28. The Labute approximate surface area is 136 Å². The van der Waals surface area contributed by atoms with Gasteiger partial charge in [0.15, 0.2) is 0 Å². The van der Waals surface area contributed by atoms with Crippen molar-refractivity contribution in [1.29, 1.82) is 0 Å². The van der Waals surface area contributed by atoms with E-state index >= 15 is 0 Å². The third-order valence-corrected chi connectivity index (χ3v) is 4.88. The Morgan fingerprint density at radius 2 is 2.05 bits per heavy atom. The number of nitrogens with zero attached hydrogens (tertiary/aromatic N) is 1. The summed E-state index contributed by atoms with van der Waals surface area (Å²) in [7, 11) is 0. The lowest BCUT2D eigenvalue weighted by Crippen LogP contribution is -2.31. The van der Waals surface area contributed by atoms with Crippen LogP contribution >= 0.6 is 27.5 Å². The first-order valence-electron chi connectivity index (χ1n) is 6.83. The minimum Gasteiger partial charge on any atom is -0.352 e. The molecule has 0 unspecified atom stereocenters. The van der Waals surface area contributed by atoms with E-state index in [2.05, 4.69) is 21.2 Å². The highest BCUT2D eigenvalue weighted by Gasteiger charge is 2.23. The average molecular weight is 376 g/mol. The second-order valence-electron chi connectivity index (χ2n) is 5.25. The SMILES string of the molecule is O=C(NCC1CCC(Br)CC1)c1cc(Cl)ccc1[N+](=O)[O-]. The molecule has 0 aromatic heterocycles. The van der Waals surface area contributed by atoms with Crippen LogP contribution in [0.15, 0.2) is 18.2 Å². The number of nitro groups is 1. The van der Waals surface area contributed by atoms with Crippen LogP contribution in [0, 0.1) is 16.0 Å². The molecule has 0 aliphatic heterocycles. The monoisotopic (exact) mass is 374 g/mol. The van der Waals surface area contributed by atoms with Crippen molar-refractivity contribution < 1.29 is 9.72 Å². The van der Waals surface area contributed by atoms with Gasteiger partial charge < -0.3 is 5.32 Å². The van der Waals surface area contributed by atoms with Crippen molar-refractivity contribution in [3.8, 4) is 0 Å². The van der Waals surface area contributed by atoms with Gasteiger partial charge in [-0.3, -0.25) is 14.9 Å². The van der Waals surface area contributed by atoms with E-state index in [0.717, 1.165) is 25.7 Å². The molecule has 2 rings (SSSR count). The molecule has 1 fully saturated rings. The van der Waals surface area contributed by atoms with Gasteiger partial charge in [0.1, 0.15) is 5.56 Å². The lowest BCUT2D eigenvalue weighted by molar-refractivity contribution is -0.385. The second kappa shape index (κ2) is 7.22. The Kier molecular flexibility index (Phi) is 5.58. The number of nitro benzene ring substituents is 1. The fraction of sp³-hybridized carbons (Fsp3) is 0.500. The number of carbonyl (C=O) groups is 1. The lowest BCUT2D eigenvalue weighted by atomic mass is 9.89. The molecule has 1 aliphatic rings. The summed E-state index contributed by atoms with van der Waals surface area (Å²) in [6.07, 6.45) is 4.29. The van der Waals surface area contributed by atoms with Crippen molar-refractivity contribution in [3.05, 3.63) is 38.9 Å². The van der Waals surface area contributed by atoms with Gasteiger partial charge in [0.05, 0.1) is 4.92 Å². The number of carbonyl (C=O) groups excluding carboxylic acids is 1. The van der Waals surface area contributed by atoms with Gasteiger partial charge in [-0.1, -0.05) is 27.5 Å². The number of amides is 1. The standard InChI is InChI=1S/C14H16BrClN2O3/c15-10-3-1-9(2-4-10)8-17-14(19)12-7-11(16)5-6-13(12)18(20)21/h5-7,9-10H,1-4,8H2,(H,17,19). The van der Waals surface area contributed by atoms with Crippen LogP contribution in [0.5, 0.6) is 0 Å². The molecule has 1 aromatic rings. The fourth-order valence-corrected chi connectivity index (χ4v) is 3.21. The fourth-order valence-electron chi connectivity index (χ4n) is 2.51. The number of benzene rings is 1. The van der Waals surface area contributed by atoms with Gasteiger partial charge in [0, 0.05) is 22.5 Å². The summed E-state index contributed by atoms with van der Waals surface area (Å²) in [4.78, 5) is 23.1. The highest BCUT2D eigenvalue weighted by molar-refractivity contribution is 9.09. The molecule has 1 N–H and O–H groups in total. The van der Waals surface area contributed by atoms with Gasteiger partial charge in [-0.05, 0) is 43.7 Å². The summed E-state index contributed by atoms with van der Waals surface area (Å²) in [6.45, 7) is 0.544. The van der Waals surface area contributed by atoms with Crippen LogP contribution < -0.4 is 5.32 Å². The third kappa shape index (κ3) is 4.41. The Hall–Kier alpha value is -1.14. The van der Waals surface area contributed by atoms with Crippen LogP contribution in [-0.4, -0.2) is 22.2 Å². The van der Waals surface area contributed by atoms with Crippen LogP contribution in [0.1, 0.15) is 36.0 Å². The molecule has 0 saturated heterocycles. The second-order valence-corrected chi connectivity index (χ2v) is 6.98. The van der Waals surface area contributed by atoms with E-state index in [1.54, 1.807) is 0 Å². The largest absolute Gasteiger partial charge is 0.352 e. The van der Waals surface area contributed by atoms with E-state index in [4.69, 9.17) is 11.6 Å². The predicted octanol–water partition coefficient (Wildman–Crippen LogP) is 3.93. The average Bonchev–Trinajstić information content (AvgIpc) is 2.46. The normalized spacial score (nSPS) is 21.8. The summed E-state index contributed by atoms with van der Waals surface area (Å²) < 4.78 is 0. The highest BCUT2D eigenvalue weighted by atomic mass is 79.9. The molecule has 0 bridgehead atoms. The van der Waals surface area contributed by atoms with Crippen LogP contribution in [0.2, 0.25) is 5.02 Å². The lowest BCUT2D eigenvalue weighted by Gasteiger charge is -2.25. The molecule has 0 radical (unpaired) electrons. The van der Waals surface area contributed by atoms with E-state index in [-0.39, 0.29) is 11.3 Å². The Balaban J connectivity index is 2.00. The van der Waals surface area contributed by atoms with Crippen molar-refractivity contribution in [1.82, 2.24) is 5.32 Å². The van der Waals surface area contributed by atoms with E-state index in [1.807, 2.05) is 0 Å². The van der Waals surface area contributed by atoms with Gasteiger partial charge in [0.25, 0.3) is 11.6 Å². The van der Waals surface area contributed by atoms with Crippen LogP contribution in [0.4, 0.5) is 5.69 Å². The maximum absolute atomic E-state index is 12.1. The third-order valence-electron chi connectivity index (χ3n) is 3.73. The van der Waals surface area contributed by atoms with E-state index < -0.39 is 10.8 Å². The Morgan fingerprint density at radius 3 is 2.67 bits per heavy atom. The number of alkyl halides is 1. The van der Waals surface area contributed by atoms with Crippen LogP contribution in [0.3, 0.4) is 0 Å². The number of nitrogens with one attached hydrogen (secondary N) is 1. The molecule has 1 amide bonds. The molecular weight excluding hydrogens is 360 g/mol. The summed E-state index contributed by atoms with van der Waals surface area (Å²) in [5.41, 5.74) is -0.206. The molecule has 21 heavy (non-hydrogen) atoms. The van der Waals surface area contributed by atoms with Crippen LogP contribution in [0.25, 0.3) is 0 Å². The zero-order valence-corrected chi connectivity index (χ0v) is 13.7. The zero-order chi connectivity index (χ0) is 15.4. The first-order chi connectivity index (χ1) is 9.97. The summed E-state index contributed by atoms with van der Waals surface area (Å²) >= 11 is 9.41. The molecule has 5 nitrogen and oxygen atoms in total. The molecule has 0 spiro atoms. The molecule has 0 atom stereocenters. The number of hydrogen-bond acceptors (Lipinski definition) is 3. The molecule has 1 aromatic carbocycles. The van der Waals surface area contributed by atoms with Crippen molar-refractivity contribution in [2.45, 2.75) is 30.5 Å². The minimum absolute atomic E-state index is 0.0154. The molecule has 1 saturated carbocycles. The van der Waals surface area contributed by atoms with Crippen molar-refractivity contribution in [3.63, 3.8) is 0 Å². The van der Waals surface area contributed by atoms with Crippen molar-refractivity contribution in [2.75, 3.05) is 6.54 Å². The van der Waals surface area contributed by atoms with E-state index in [1.165, 1.54) is 18.2 Å². The summed E-state index contributed by atoms with van der Waals surface area (Å²) in [6, 6.07) is 4.01. The van der Waals surface area contributed by atoms with Gasteiger partial charge >= 0.3 is 0 Å². The Morgan fingerprint density at radius 1 is 1.38 bits per heavy atom. The van der Waals surface area contributed by atoms with Gasteiger partial charge in [-0.2, -0.15) is 0 Å². The number of halogens is 2. The smallest absolute Gasteiger partial charge is 0.282 e.